The average Bonchev–Trinajstić information content (AvgIpc) is 2.26. The lowest BCUT2D eigenvalue weighted by atomic mass is 10.0. The summed E-state index contributed by atoms with van der Waals surface area (Å²) >= 11 is 6.67. The van der Waals surface area contributed by atoms with Gasteiger partial charge in [-0.3, -0.25) is 0 Å². The summed E-state index contributed by atoms with van der Waals surface area (Å²) in [7, 11) is 0. The highest BCUT2D eigenvalue weighted by Gasteiger charge is 2.13. The lowest BCUT2D eigenvalue weighted by molar-refractivity contribution is 0.177. The second-order valence-electron chi connectivity index (χ2n) is 4.16. The topological polar surface area (TPSA) is 20.2 Å². The lowest BCUT2D eigenvalue weighted by Crippen LogP contribution is -2.03. The average molecular weight is 392 g/mol. The van der Waals surface area contributed by atoms with E-state index in [1.165, 1.54) is 12.1 Å². The number of rotatable bonds is 3. The van der Waals surface area contributed by atoms with Crippen LogP contribution in [0.3, 0.4) is 0 Å². The maximum absolute atomic E-state index is 13.1. The van der Waals surface area contributed by atoms with Gasteiger partial charge < -0.3 is 5.11 Å². The predicted octanol–water partition coefficient (Wildman–Crippen LogP) is 4.77. The molecule has 0 aliphatic rings. The van der Waals surface area contributed by atoms with Gasteiger partial charge in [-0.2, -0.15) is 0 Å². The SMILES string of the molecule is OC(Cc1cc(F)cc(F)c1)c1ccc(Br)cc1Br. The molecular formula is C14H10Br2F2O. The van der Waals surface area contributed by atoms with Crippen LogP contribution in [-0.2, 0) is 6.42 Å². The molecule has 0 saturated heterocycles. The molecule has 0 bridgehead atoms. The fourth-order valence-corrected chi connectivity index (χ4v) is 3.15. The van der Waals surface area contributed by atoms with Crippen molar-refractivity contribution in [1.82, 2.24) is 0 Å². The van der Waals surface area contributed by atoms with Crippen LogP contribution in [0.25, 0.3) is 0 Å². The number of hydrogen-bond acceptors (Lipinski definition) is 1. The first-order valence-electron chi connectivity index (χ1n) is 5.53. The Bertz CT molecular complexity index is 582. The fourth-order valence-electron chi connectivity index (χ4n) is 1.83. The molecule has 1 unspecified atom stereocenters. The quantitative estimate of drug-likeness (QED) is 0.799. The maximum atomic E-state index is 13.1. The van der Waals surface area contributed by atoms with E-state index in [9.17, 15) is 13.9 Å². The highest BCUT2D eigenvalue weighted by molar-refractivity contribution is 9.11. The van der Waals surface area contributed by atoms with E-state index in [2.05, 4.69) is 31.9 Å². The second-order valence-corrected chi connectivity index (χ2v) is 5.93. The summed E-state index contributed by atoms with van der Waals surface area (Å²) in [6, 6.07) is 8.62. The smallest absolute Gasteiger partial charge is 0.126 e. The molecule has 1 atom stereocenters. The lowest BCUT2D eigenvalue weighted by Gasteiger charge is -2.13. The van der Waals surface area contributed by atoms with Crippen LogP contribution in [0.4, 0.5) is 8.78 Å². The van der Waals surface area contributed by atoms with Gasteiger partial charge in [0.15, 0.2) is 0 Å². The fraction of sp³-hybridized carbons (Fsp3) is 0.143. The first kappa shape index (κ1) is 14.6. The molecule has 0 aliphatic heterocycles. The molecule has 0 heterocycles. The van der Waals surface area contributed by atoms with Crippen molar-refractivity contribution < 1.29 is 13.9 Å². The van der Waals surface area contributed by atoms with Gasteiger partial charge in [0.25, 0.3) is 0 Å². The molecule has 1 N–H and O–H groups in total. The van der Waals surface area contributed by atoms with Gasteiger partial charge in [-0.05, 0) is 35.4 Å². The van der Waals surface area contributed by atoms with Crippen molar-refractivity contribution in [3.63, 3.8) is 0 Å². The molecule has 100 valence electrons. The van der Waals surface area contributed by atoms with E-state index >= 15 is 0 Å². The van der Waals surface area contributed by atoms with Crippen LogP contribution >= 0.6 is 31.9 Å². The van der Waals surface area contributed by atoms with E-state index in [-0.39, 0.29) is 6.42 Å². The van der Waals surface area contributed by atoms with Crippen LogP contribution in [-0.4, -0.2) is 5.11 Å². The minimum atomic E-state index is -0.830. The highest BCUT2D eigenvalue weighted by atomic mass is 79.9. The van der Waals surface area contributed by atoms with E-state index in [1.807, 2.05) is 6.07 Å². The van der Waals surface area contributed by atoms with Crippen LogP contribution in [0, 0.1) is 11.6 Å². The van der Waals surface area contributed by atoms with Crippen molar-refractivity contribution in [2.75, 3.05) is 0 Å². The number of aliphatic hydroxyl groups is 1. The summed E-state index contributed by atoms with van der Waals surface area (Å²) in [5.74, 6) is -1.28. The molecular weight excluding hydrogens is 382 g/mol. The van der Waals surface area contributed by atoms with Gasteiger partial charge >= 0.3 is 0 Å². The molecule has 2 rings (SSSR count). The minimum Gasteiger partial charge on any atom is -0.388 e. The summed E-state index contributed by atoms with van der Waals surface area (Å²) in [4.78, 5) is 0. The van der Waals surface area contributed by atoms with E-state index < -0.39 is 17.7 Å². The third-order valence-corrected chi connectivity index (χ3v) is 3.85. The number of hydrogen-bond donors (Lipinski definition) is 1. The van der Waals surface area contributed by atoms with Crippen LogP contribution < -0.4 is 0 Å². The number of benzene rings is 2. The maximum Gasteiger partial charge on any atom is 0.126 e. The molecule has 0 saturated carbocycles. The Morgan fingerprint density at radius 1 is 1.00 bits per heavy atom. The molecule has 5 heteroatoms. The second kappa shape index (κ2) is 6.11. The van der Waals surface area contributed by atoms with Gasteiger partial charge in [-0.25, -0.2) is 8.78 Å². The first-order valence-corrected chi connectivity index (χ1v) is 7.12. The Labute approximate surface area is 126 Å². The molecule has 0 amide bonds. The Kier molecular flexibility index (Phi) is 4.71. The molecule has 0 radical (unpaired) electrons. The highest BCUT2D eigenvalue weighted by Crippen LogP contribution is 2.29. The third kappa shape index (κ3) is 3.84. The van der Waals surface area contributed by atoms with E-state index in [0.717, 1.165) is 15.0 Å². The molecule has 2 aromatic carbocycles. The van der Waals surface area contributed by atoms with Crippen molar-refractivity contribution in [3.05, 3.63) is 68.1 Å². The largest absolute Gasteiger partial charge is 0.388 e. The van der Waals surface area contributed by atoms with Crippen LogP contribution in [0.2, 0.25) is 0 Å². The molecule has 1 nitrogen and oxygen atoms in total. The Morgan fingerprint density at radius 2 is 1.63 bits per heavy atom. The third-order valence-electron chi connectivity index (χ3n) is 2.67. The van der Waals surface area contributed by atoms with Gasteiger partial charge in [0.2, 0.25) is 0 Å². The molecule has 2 aromatic rings. The molecule has 19 heavy (non-hydrogen) atoms. The standard InChI is InChI=1S/C14H10Br2F2O/c15-9-1-2-12(13(16)6-9)14(19)5-8-3-10(17)7-11(18)4-8/h1-4,6-7,14,19H,5H2. The minimum absolute atomic E-state index is 0.148. The summed E-state index contributed by atoms with van der Waals surface area (Å²) in [6.45, 7) is 0. The van der Waals surface area contributed by atoms with E-state index in [0.29, 0.717) is 11.1 Å². The summed E-state index contributed by atoms with van der Waals surface area (Å²) in [5, 5.41) is 10.1. The van der Waals surface area contributed by atoms with Gasteiger partial charge in [0.05, 0.1) is 6.10 Å². The summed E-state index contributed by atoms with van der Waals surface area (Å²) in [5.41, 5.74) is 1.09. The first-order chi connectivity index (χ1) is 8.95. The van der Waals surface area contributed by atoms with Crippen LogP contribution in [0.1, 0.15) is 17.2 Å². The summed E-state index contributed by atoms with van der Waals surface area (Å²) < 4.78 is 27.8. The van der Waals surface area contributed by atoms with Gasteiger partial charge in [-0.1, -0.05) is 37.9 Å². The molecule has 0 spiro atoms. The summed E-state index contributed by atoms with van der Waals surface area (Å²) in [6.07, 6.45) is -0.682. The van der Waals surface area contributed by atoms with Crippen molar-refractivity contribution >= 4 is 31.9 Å². The van der Waals surface area contributed by atoms with Crippen molar-refractivity contribution in [2.45, 2.75) is 12.5 Å². The number of halogens is 4. The van der Waals surface area contributed by atoms with E-state index in [4.69, 9.17) is 0 Å². The number of aliphatic hydroxyl groups excluding tert-OH is 1. The predicted molar refractivity (Wildman–Crippen MR) is 76.9 cm³/mol. The Balaban J connectivity index is 2.22. The zero-order valence-electron chi connectivity index (χ0n) is 9.71. The Morgan fingerprint density at radius 3 is 2.21 bits per heavy atom. The molecule has 0 fully saturated rings. The van der Waals surface area contributed by atoms with Gasteiger partial charge in [0, 0.05) is 21.4 Å². The monoisotopic (exact) mass is 390 g/mol. The van der Waals surface area contributed by atoms with Crippen molar-refractivity contribution in [1.29, 1.82) is 0 Å². The molecule has 0 aromatic heterocycles. The van der Waals surface area contributed by atoms with Crippen molar-refractivity contribution in [2.24, 2.45) is 0 Å². The van der Waals surface area contributed by atoms with Gasteiger partial charge in [0.1, 0.15) is 11.6 Å². The van der Waals surface area contributed by atoms with Crippen LogP contribution in [0.15, 0.2) is 45.3 Å². The van der Waals surface area contributed by atoms with E-state index in [1.54, 1.807) is 12.1 Å². The zero-order chi connectivity index (χ0) is 14.0. The normalized spacial score (nSPS) is 12.5. The zero-order valence-corrected chi connectivity index (χ0v) is 12.9. The van der Waals surface area contributed by atoms with Crippen LogP contribution in [0.5, 0.6) is 0 Å². The van der Waals surface area contributed by atoms with Crippen molar-refractivity contribution in [3.8, 4) is 0 Å². The Hall–Kier alpha value is -0.780. The molecule has 0 aliphatic carbocycles. The van der Waals surface area contributed by atoms with Gasteiger partial charge in [-0.15, -0.1) is 0 Å².